The number of carbonyl (C=O) groups excluding carboxylic acids is 1. The van der Waals surface area contributed by atoms with Crippen molar-refractivity contribution in [3.63, 3.8) is 0 Å². The molecular formula is C23H39NO6. The molecule has 0 bridgehead atoms. The van der Waals surface area contributed by atoms with Crippen molar-refractivity contribution in [3.05, 3.63) is 11.1 Å². The Hall–Kier alpha value is -0.990. The van der Waals surface area contributed by atoms with Crippen LogP contribution >= 0.6 is 0 Å². The number of aliphatic hydroxyl groups excluding tert-OH is 3. The summed E-state index contributed by atoms with van der Waals surface area (Å²) in [7, 11) is 0. The molecule has 1 amide bonds. The Bertz CT molecular complexity index is 662. The van der Waals surface area contributed by atoms with Crippen LogP contribution in [0.5, 0.6) is 0 Å². The third-order valence-corrected chi connectivity index (χ3v) is 7.35. The van der Waals surface area contributed by atoms with Gasteiger partial charge in [-0.2, -0.15) is 0 Å². The third kappa shape index (κ3) is 4.91. The summed E-state index contributed by atoms with van der Waals surface area (Å²) < 4.78 is 11.7. The third-order valence-electron chi connectivity index (χ3n) is 7.35. The lowest BCUT2D eigenvalue weighted by Gasteiger charge is -2.43. The van der Waals surface area contributed by atoms with Gasteiger partial charge in [0.15, 0.2) is 6.29 Å². The molecule has 3 rings (SSSR count). The van der Waals surface area contributed by atoms with Crippen LogP contribution in [0.25, 0.3) is 0 Å². The fraction of sp³-hybridized carbons (Fsp3) is 0.870. The minimum absolute atomic E-state index is 0.263. The zero-order valence-electron chi connectivity index (χ0n) is 18.9. The molecule has 4 N–H and O–H groups in total. The van der Waals surface area contributed by atoms with E-state index in [1.165, 1.54) is 37.3 Å². The van der Waals surface area contributed by atoms with E-state index in [1.807, 2.05) is 0 Å². The van der Waals surface area contributed by atoms with Gasteiger partial charge in [0.25, 0.3) is 0 Å². The molecule has 2 saturated carbocycles. The first-order chi connectivity index (χ1) is 14.0. The van der Waals surface area contributed by atoms with Crippen LogP contribution in [0.15, 0.2) is 11.1 Å². The van der Waals surface area contributed by atoms with Gasteiger partial charge >= 0.3 is 0 Å². The first kappa shape index (κ1) is 23.7. The van der Waals surface area contributed by atoms with Gasteiger partial charge in [0.1, 0.15) is 24.4 Å². The number of hydrogen-bond acceptors (Lipinski definition) is 6. The highest BCUT2D eigenvalue weighted by atomic mass is 16.7. The molecular weight excluding hydrogens is 386 g/mol. The van der Waals surface area contributed by atoms with Crippen LogP contribution in [0.2, 0.25) is 0 Å². The van der Waals surface area contributed by atoms with Crippen molar-refractivity contribution in [1.29, 1.82) is 0 Å². The Morgan fingerprint density at radius 1 is 1.23 bits per heavy atom. The number of hydrogen-bond donors (Lipinski definition) is 4. The second-order valence-corrected chi connectivity index (χ2v) is 10.4. The molecule has 172 valence electrons. The molecule has 0 aromatic heterocycles. The maximum absolute atomic E-state index is 11.6. The Kier molecular flexibility index (Phi) is 7.30. The number of allylic oxidation sites excluding steroid dienone is 1. The molecule has 0 radical (unpaired) electrons. The Morgan fingerprint density at radius 3 is 2.57 bits per heavy atom. The average molecular weight is 426 g/mol. The van der Waals surface area contributed by atoms with Gasteiger partial charge in [-0.05, 0) is 61.3 Å². The normalized spacial score (nSPS) is 42.5. The van der Waals surface area contributed by atoms with E-state index >= 15 is 0 Å². The summed E-state index contributed by atoms with van der Waals surface area (Å²) >= 11 is 0. The molecule has 0 unspecified atom stereocenters. The van der Waals surface area contributed by atoms with Gasteiger partial charge in [0, 0.05) is 6.92 Å². The van der Waals surface area contributed by atoms with Crippen molar-refractivity contribution in [3.8, 4) is 0 Å². The maximum atomic E-state index is 11.6. The molecule has 3 aliphatic rings. The number of rotatable bonds is 5. The minimum atomic E-state index is -1.30. The highest BCUT2D eigenvalue weighted by molar-refractivity contribution is 5.73. The number of carbonyl (C=O) groups is 1. The van der Waals surface area contributed by atoms with Crippen LogP contribution in [0, 0.1) is 23.2 Å². The molecule has 3 fully saturated rings. The smallest absolute Gasteiger partial charge is 0.217 e. The fourth-order valence-corrected chi connectivity index (χ4v) is 5.78. The fourth-order valence-electron chi connectivity index (χ4n) is 5.78. The maximum Gasteiger partial charge on any atom is 0.217 e. The van der Waals surface area contributed by atoms with Crippen molar-refractivity contribution in [2.24, 2.45) is 23.2 Å². The molecule has 1 aliphatic heterocycles. The number of nitrogens with one attached hydrogen (secondary N) is 1. The topological polar surface area (TPSA) is 108 Å². The molecule has 30 heavy (non-hydrogen) atoms. The predicted molar refractivity (Wildman–Crippen MR) is 112 cm³/mol. The van der Waals surface area contributed by atoms with Gasteiger partial charge in [-0.25, -0.2) is 0 Å². The van der Waals surface area contributed by atoms with E-state index in [0.29, 0.717) is 18.4 Å². The van der Waals surface area contributed by atoms with Gasteiger partial charge in [-0.15, -0.1) is 0 Å². The summed E-state index contributed by atoms with van der Waals surface area (Å²) in [5.74, 6) is 1.71. The Labute approximate surface area is 179 Å². The van der Waals surface area contributed by atoms with E-state index in [-0.39, 0.29) is 11.3 Å². The van der Waals surface area contributed by atoms with Crippen molar-refractivity contribution in [2.45, 2.75) is 90.9 Å². The molecule has 7 heteroatoms. The Balaban J connectivity index is 1.76. The minimum Gasteiger partial charge on any atom is -0.394 e. The molecule has 2 aliphatic carbocycles. The van der Waals surface area contributed by atoms with E-state index in [1.54, 1.807) is 0 Å². The quantitative estimate of drug-likeness (QED) is 0.500. The molecule has 0 aromatic carbocycles. The van der Waals surface area contributed by atoms with E-state index in [0.717, 1.165) is 12.3 Å². The molecule has 7 nitrogen and oxygen atoms in total. The first-order valence-corrected chi connectivity index (χ1v) is 11.2. The van der Waals surface area contributed by atoms with Crippen molar-refractivity contribution >= 4 is 5.91 Å². The number of aliphatic hydroxyl groups is 3. The summed E-state index contributed by atoms with van der Waals surface area (Å²) in [6.07, 6.45) is 0.304. The van der Waals surface area contributed by atoms with E-state index in [9.17, 15) is 20.1 Å². The summed E-state index contributed by atoms with van der Waals surface area (Å²) in [4.78, 5) is 11.6. The van der Waals surface area contributed by atoms with E-state index < -0.39 is 37.3 Å². The van der Waals surface area contributed by atoms with Gasteiger partial charge in [-0.3, -0.25) is 4.79 Å². The summed E-state index contributed by atoms with van der Waals surface area (Å²) in [5.41, 5.74) is 2.92. The van der Waals surface area contributed by atoms with Crippen LogP contribution in [-0.4, -0.2) is 65.1 Å². The molecule has 1 heterocycles. The largest absolute Gasteiger partial charge is 0.394 e. The second-order valence-electron chi connectivity index (χ2n) is 10.4. The first-order valence-electron chi connectivity index (χ1n) is 11.2. The number of amides is 1. The molecule has 0 spiro atoms. The summed E-state index contributed by atoms with van der Waals surface area (Å²) in [6, 6.07) is -0.903. The van der Waals surface area contributed by atoms with E-state index in [4.69, 9.17) is 9.47 Å². The zero-order chi connectivity index (χ0) is 22.2. The molecule has 0 aromatic rings. The van der Waals surface area contributed by atoms with Crippen molar-refractivity contribution in [1.82, 2.24) is 5.32 Å². The summed E-state index contributed by atoms with van der Waals surface area (Å²) in [6.45, 7) is 10.4. The lowest BCUT2D eigenvalue weighted by molar-refractivity contribution is -0.267. The average Bonchev–Trinajstić information content (AvgIpc) is 3.03. The van der Waals surface area contributed by atoms with Crippen molar-refractivity contribution < 1.29 is 29.6 Å². The lowest BCUT2D eigenvalue weighted by Crippen LogP contribution is -2.64. The van der Waals surface area contributed by atoms with Gasteiger partial charge in [0.2, 0.25) is 5.91 Å². The van der Waals surface area contributed by atoms with Crippen LogP contribution in [0.1, 0.15) is 60.3 Å². The Morgan fingerprint density at radius 2 is 1.93 bits per heavy atom. The SMILES string of the molecule is CC(=O)N[C@H]1[C@@H](OCC(C)=C2CC(C)(C)C[C@H]3[C@@H](C)CC[C@@H]23)O[C@H](CO)[C@@H](O)[C@@H]1O. The zero-order valence-corrected chi connectivity index (χ0v) is 18.9. The monoisotopic (exact) mass is 425 g/mol. The standard InChI is InChI=1S/C23H39NO6/c1-12-6-7-15-16(12)8-23(4,5)9-17(15)13(2)11-29-22-19(24-14(3)26)21(28)20(27)18(10-25)30-22/h12,15-16,18-22,25,27-28H,6-11H2,1-5H3,(H,24,26)/t12-,15+,16-,18+,19+,20+,21+,22-/m0/s1. The van der Waals surface area contributed by atoms with Crippen LogP contribution in [0.4, 0.5) is 0 Å². The van der Waals surface area contributed by atoms with Crippen molar-refractivity contribution in [2.75, 3.05) is 13.2 Å². The van der Waals surface area contributed by atoms with Crippen LogP contribution < -0.4 is 5.32 Å². The number of fused-ring (bicyclic) bond motifs is 1. The molecule has 8 atom stereocenters. The second kappa shape index (κ2) is 9.25. The van der Waals surface area contributed by atoms with Crippen LogP contribution in [0.3, 0.4) is 0 Å². The van der Waals surface area contributed by atoms with E-state index in [2.05, 4.69) is 33.0 Å². The summed E-state index contributed by atoms with van der Waals surface area (Å²) in [5, 5.41) is 32.7. The molecule has 1 saturated heterocycles. The van der Waals surface area contributed by atoms with Gasteiger partial charge in [0.05, 0.1) is 13.2 Å². The number of ether oxygens (including phenoxy) is 2. The van der Waals surface area contributed by atoms with Gasteiger partial charge in [-0.1, -0.05) is 26.3 Å². The highest BCUT2D eigenvalue weighted by Gasteiger charge is 2.46. The lowest BCUT2D eigenvalue weighted by atomic mass is 9.63. The predicted octanol–water partition coefficient (Wildman–Crippen LogP) is 1.75. The van der Waals surface area contributed by atoms with Crippen LogP contribution in [-0.2, 0) is 14.3 Å². The van der Waals surface area contributed by atoms with Gasteiger partial charge < -0.3 is 30.1 Å². The highest BCUT2D eigenvalue weighted by Crippen LogP contribution is 2.54.